The maximum Gasteiger partial charge on any atom is 0.0846 e. The molecule has 88 valence electrons. The lowest BCUT2D eigenvalue weighted by molar-refractivity contribution is -0.932. The van der Waals surface area contributed by atoms with Crippen molar-refractivity contribution in [3.63, 3.8) is 0 Å². The van der Waals surface area contributed by atoms with Gasteiger partial charge in [-0.1, -0.05) is 26.2 Å². The summed E-state index contributed by atoms with van der Waals surface area (Å²) in [5, 5.41) is 0. The van der Waals surface area contributed by atoms with Crippen LogP contribution in [0.5, 0.6) is 0 Å². The summed E-state index contributed by atoms with van der Waals surface area (Å²) in [7, 11) is 0. The van der Waals surface area contributed by atoms with Crippen molar-refractivity contribution in [3.05, 3.63) is 0 Å². The molecule has 0 radical (unpaired) electrons. The van der Waals surface area contributed by atoms with E-state index in [0.717, 1.165) is 17.9 Å². The molecular formula is C14H28N+. The predicted molar refractivity (Wildman–Crippen MR) is 65.1 cm³/mol. The van der Waals surface area contributed by atoms with Crippen LogP contribution in [0.1, 0.15) is 58.8 Å². The van der Waals surface area contributed by atoms with Gasteiger partial charge in [0.1, 0.15) is 0 Å². The first-order valence-electron chi connectivity index (χ1n) is 7.12. The zero-order chi connectivity index (χ0) is 10.7. The fourth-order valence-electron chi connectivity index (χ4n) is 3.59. The first-order valence-corrected chi connectivity index (χ1v) is 7.12. The Hall–Kier alpha value is -0.0400. The van der Waals surface area contributed by atoms with Crippen molar-refractivity contribution in [1.82, 2.24) is 0 Å². The van der Waals surface area contributed by atoms with Crippen molar-refractivity contribution in [2.45, 2.75) is 64.8 Å². The summed E-state index contributed by atoms with van der Waals surface area (Å²) >= 11 is 0. The van der Waals surface area contributed by atoms with Crippen LogP contribution in [0.2, 0.25) is 0 Å². The summed E-state index contributed by atoms with van der Waals surface area (Å²) in [6, 6.07) is 0.938. The molecule has 4 unspecified atom stereocenters. The van der Waals surface area contributed by atoms with E-state index in [-0.39, 0.29) is 0 Å². The van der Waals surface area contributed by atoms with Crippen LogP contribution in [0.3, 0.4) is 0 Å². The molecule has 4 atom stereocenters. The number of likely N-dealkylation sites (tertiary alicyclic amines) is 1. The Morgan fingerprint density at radius 1 is 0.933 bits per heavy atom. The van der Waals surface area contributed by atoms with Crippen molar-refractivity contribution in [2.75, 3.05) is 13.1 Å². The zero-order valence-electron chi connectivity index (χ0n) is 10.6. The minimum atomic E-state index is 0.938. The van der Waals surface area contributed by atoms with E-state index < -0.39 is 0 Å². The average Bonchev–Trinajstić information content (AvgIpc) is 2.24. The van der Waals surface area contributed by atoms with E-state index in [2.05, 4.69) is 13.8 Å². The van der Waals surface area contributed by atoms with Gasteiger partial charge in [0.2, 0.25) is 0 Å². The fourth-order valence-corrected chi connectivity index (χ4v) is 3.59. The molecule has 0 amide bonds. The van der Waals surface area contributed by atoms with Gasteiger partial charge in [-0.3, -0.25) is 0 Å². The van der Waals surface area contributed by atoms with Crippen LogP contribution >= 0.6 is 0 Å². The first-order chi connectivity index (χ1) is 7.27. The molecule has 1 N–H and O–H groups in total. The molecule has 0 aromatic carbocycles. The highest BCUT2D eigenvalue weighted by molar-refractivity contribution is 4.72. The Labute approximate surface area is 95.2 Å². The molecular weight excluding hydrogens is 182 g/mol. The van der Waals surface area contributed by atoms with Crippen LogP contribution in [0.15, 0.2) is 0 Å². The third-order valence-corrected chi connectivity index (χ3v) is 4.90. The lowest BCUT2D eigenvalue weighted by Gasteiger charge is -2.36. The van der Waals surface area contributed by atoms with Crippen LogP contribution in [-0.2, 0) is 0 Å². The summed E-state index contributed by atoms with van der Waals surface area (Å²) < 4.78 is 0. The normalized spacial score (nSPS) is 42.8. The van der Waals surface area contributed by atoms with Gasteiger partial charge in [0, 0.05) is 5.92 Å². The van der Waals surface area contributed by atoms with Crippen LogP contribution in [0.4, 0.5) is 0 Å². The Kier molecular flexibility index (Phi) is 4.07. The lowest BCUT2D eigenvalue weighted by atomic mass is 9.80. The monoisotopic (exact) mass is 210 g/mol. The molecule has 15 heavy (non-hydrogen) atoms. The molecule has 1 heteroatoms. The number of nitrogens with one attached hydrogen (secondary N) is 1. The molecule has 2 aliphatic rings. The van der Waals surface area contributed by atoms with E-state index >= 15 is 0 Å². The van der Waals surface area contributed by atoms with Crippen LogP contribution in [-0.4, -0.2) is 19.1 Å². The average molecular weight is 210 g/mol. The number of piperidine rings is 1. The number of hydrogen-bond donors (Lipinski definition) is 1. The van der Waals surface area contributed by atoms with E-state index in [1.807, 2.05) is 4.90 Å². The number of rotatable bonds is 2. The van der Waals surface area contributed by atoms with E-state index in [1.54, 1.807) is 0 Å². The molecule has 2 fully saturated rings. The largest absolute Gasteiger partial charge is 0.333 e. The Morgan fingerprint density at radius 2 is 1.67 bits per heavy atom. The highest BCUT2D eigenvalue weighted by Crippen LogP contribution is 2.28. The highest BCUT2D eigenvalue weighted by atomic mass is 15.2. The minimum Gasteiger partial charge on any atom is -0.333 e. The van der Waals surface area contributed by atoms with E-state index in [4.69, 9.17) is 0 Å². The molecule has 1 heterocycles. The van der Waals surface area contributed by atoms with Gasteiger partial charge in [-0.2, -0.15) is 0 Å². The Balaban J connectivity index is 1.83. The van der Waals surface area contributed by atoms with Crippen molar-refractivity contribution in [3.8, 4) is 0 Å². The topological polar surface area (TPSA) is 4.44 Å². The molecule has 1 saturated carbocycles. The number of hydrogen-bond acceptors (Lipinski definition) is 0. The molecule has 0 aromatic heterocycles. The lowest BCUT2D eigenvalue weighted by Crippen LogP contribution is -3.16. The van der Waals surface area contributed by atoms with E-state index in [0.29, 0.717) is 0 Å². The fraction of sp³-hybridized carbons (Fsp3) is 1.00. The highest BCUT2D eigenvalue weighted by Gasteiger charge is 2.29. The third-order valence-electron chi connectivity index (χ3n) is 4.90. The Morgan fingerprint density at radius 3 is 2.40 bits per heavy atom. The van der Waals surface area contributed by atoms with E-state index in [9.17, 15) is 0 Å². The summed E-state index contributed by atoms with van der Waals surface area (Å²) in [5.41, 5.74) is 0. The zero-order valence-corrected chi connectivity index (χ0v) is 10.6. The smallest absolute Gasteiger partial charge is 0.0846 e. The predicted octanol–water partition coefficient (Wildman–Crippen LogP) is 2.27. The van der Waals surface area contributed by atoms with Crippen LogP contribution in [0, 0.1) is 11.8 Å². The first kappa shape index (κ1) is 11.4. The van der Waals surface area contributed by atoms with Gasteiger partial charge in [-0.25, -0.2) is 0 Å². The van der Waals surface area contributed by atoms with Crippen molar-refractivity contribution in [1.29, 1.82) is 0 Å². The van der Waals surface area contributed by atoms with Crippen molar-refractivity contribution >= 4 is 0 Å². The van der Waals surface area contributed by atoms with Crippen LogP contribution in [0.25, 0.3) is 0 Å². The Bertz CT molecular complexity index is 170. The summed E-state index contributed by atoms with van der Waals surface area (Å²) in [5.74, 6) is 2.04. The van der Waals surface area contributed by atoms with Gasteiger partial charge in [0.15, 0.2) is 0 Å². The summed E-state index contributed by atoms with van der Waals surface area (Å²) in [6.07, 6.45) is 10.4. The SMILES string of the molecule is CC1CCCCC1C[NH+]1CCCCC1C. The van der Waals surface area contributed by atoms with Gasteiger partial charge in [-0.15, -0.1) is 0 Å². The molecule has 1 saturated heterocycles. The van der Waals surface area contributed by atoms with Gasteiger partial charge < -0.3 is 4.90 Å². The standard InChI is InChI=1S/C14H27N/c1-12-7-3-4-9-14(12)11-15-10-6-5-8-13(15)2/h12-14H,3-11H2,1-2H3/p+1. The molecule has 0 bridgehead atoms. The van der Waals surface area contributed by atoms with Gasteiger partial charge in [0.25, 0.3) is 0 Å². The molecule has 1 nitrogen and oxygen atoms in total. The third kappa shape index (κ3) is 2.96. The number of quaternary nitrogens is 1. The summed E-state index contributed by atoms with van der Waals surface area (Å²) in [6.45, 7) is 7.87. The van der Waals surface area contributed by atoms with Crippen molar-refractivity contribution in [2.24, 2.45) is 11.8 Å². The second-order valence-corrected chi connectivity index (χ2v) is 6.03. The maximum absolute atomic E-state index is 2.48. The van der Waals surface area contributed by atoms with Gasteiger partial charge >= 0.3 is 0 Å². The van der Waals surface area contributed by atoms with Crippen molar-refractivity contribution < 1.29 is 4.90 Å². The van der Waals surface area contributed by atoms with Gasteiger partial charge in [0.05, 0.1) is 19.1 Å². The van der Waals surface area contributed by atoms with E-state index in [1.165, 1.54) is 58.0 Å². The van der Waals surface area contributed by atoms with Gasteiger partial charge in [-0.05, 0) is 38.5 Å². The maximum atomic E-state index is 2.48. The molecule has 1 aliphatic carbocycles. The second-order valence-electron chi connectivity index (χ2n) is 6.03. The van der Waals surface area contributed by atoms with Crippen LogP contribution < -0.4 is 4.90 Å². The quantitative estimate of drug-likeness (QED) is 0.713. The summed E-state index contributed by atoms with van der Waals surface area (Å²) in [4.78, 5) is 1.92. The second kappa shape index (κ2) is 5.34. The molecule has 0 aromatic rings. The molecule has 1 aliphatic heterocycles. The molecule has 0 spiro atoms. The minimum absolute atomic E-state index is 0.938. The molecule has 2 rings (SSSR count).